The topological polar surface area (TPSA) is 63.6 Å². The number of esters is 1. The van der Waals surface area contributed by atoms with Gasteiger partial charge in [0, 0.05) is 12.8 Å². The zero-order valence-corrected chi connectivity index (χ0v) is 30.4. The summed E-state index contributed by atoms with van der Waals surface area (Å²) < 4.78 is 5.98. The van der Waals surface area contributed by atoms with Crippen LogP contribution in [0, 0.1) is 0 Å². The van der Waals surface area contributed by atoms with Gasteiger partial charge in [0.05, 0.1) is 0 Å². The summed E-state index contributed by atoms with van der Waals surface area (Å²) in [6.07, 6.45) is 45.2. The SMILES string of the molecule is CCCCCCCC/C=C\CCCCCCCCCCCC(=O)OC(CCCCCCCCCC)CCCCCCCC(=O)O. The molecule has 4 nitrogen and oxygen atoms in total. The minimum Gasteiger partial charge on any atom is -0.481 e. The number of unbranched alkanes of at least 4 members (excludes halogenated alkanes) is 26. The molecule has 0 aliphatic heterocycles. The number of aliphatic carboxylic acids is 1. The van der Waals surface area contributed by atoms with E-state index in [1.165, 1.54) is 141 Å². The van der Waals surface area contributed by atoms with E-state index in [1.54, 1.807) is 0 Å². The lowest BCUT2D eigenvalue weighted by Crippen LogP contribution is -2.18. The van der Waals surface area contributed by atoms with Crippen LogP contribution >= 0.6 is 0 Å². The highest BCUT2D eigenvalue weighted by molar-refractivity contribution is 5.69. The van der Waals surface area contributed by atoms with Gasteiger partial charge in [-0.1, -0.05) is 167 Å². The van der Waals surface area contributed by atoms with Gasteiger partial charge >= 0.3 is 11.9 Å². The molecule has 0 aliphatic carbocycles. The molecule has 1 atom stereocenters. The lowest BCUT2D eigenvalue weighted by atomic mass is 10.0. The van der Waals surface area contributed by atoms with Gasteiger partial charge in [0.15, 0.2) is 0 Å². The lowest BCUT2D eigenvalue weighted by molar-refractivity contribution is -0.150. The van der Waals surface area contributed by atoms with Crippen molar-refractivity contribution >= 4 is 11.9 Å². The summed E-state index contributed by atoms with van der Waals surface area (Å²) in [7, 11) is 0. The maximum Gasteiger partial charge on any atom is 0.306 e. The fourth-order valence-electron chi connectivity index (χ4n) is 6.24. The van der Waals surface area contributed by atoms with E-state index in [1.807, 2.05) is 0 Å². The van der Waals surface area contributed by atoms with E-state index in [4.69, 9.17) is 9.84 Å². The Labute approximate surface area is 281 Å². The molecule has 0 saturated heterocycles. The first-order chi connectivity index (χ1) is 22.1. The van der Waals surface area contributed by atoms with Crippen molar-refractivity contribution in [1.82, 2.24) is 0 Å². The second kappa shape index (κ2) is 37.1. The van der Waals surface area contributed by atoms with E-state index < -0.39 is 5.97 Å². The largest absolute Gasteiger partial charge is 0.481 e. The van der Waals surface area contributed by atoms with Crippen LogP contribution in [0.3, 0.4) is 0 Å². The van der Waals surface area contributed by atoms with E-state index in [-0.39, 0.29) is 18.5 Å². The third-order valence-corrected chi connectivity index (χ3v) is 9.24. The van der Waals surface area contributed by atoms with Gasteiger partial charge < -0.3 is 9.84 Å². The summed E-state index contributed by atoms with van der Waals surface area (Å²) >= 11 is 0. The number of carboxylic acid groups (broad SMARTS) is 1. The van der Waals surface area contributed by atoms with Gasteiger partial charge in [-0.15, -0.1) is 0 Å². The van der Waals surface area contributed by atoms with Gasteiger partial charge in [-0.05, 0) is 64.2 Å². The third kappa shape index (κ3) is 37.0. The first-order valence-corrected chi connectivity index (χ1v) is 20.2. The van der Waals surface area contributed by atoms with Gasteiger partial charge in [0.25, 0.3) is 0 Å². The van der Waals surface area contributed by atoms with Crippen molar-refractivity contribution in [2.75, 3.05) is 0 Å². The molecule has 0 fully saturated rings. The molecule has 0 heterocycles. The number of carboxylic acids is 1. The monoisotopic (exact) mass is 635 g/mol. The lowest BCUT2D eigenvalue weighted by Gasteiger charge is -2.18. The molecule has 0 aromatic carbocycles. The highest BCUT2D eigenvalue weighted by Crippen LogP contribution is 2.19. The molecule has 0 bridgehead atoms. The van der Waals surface area contributed by atoms with Crippen molar-refractivity contribution in [2.45, 2.75) is 238 Å². The van der Waals surface area contributed by atoms with Crippen molar-refractivity contribution < 1.29 is 19.4 Å². The summed E-state index contributed by atoms with van der Waals surface area (Å²) in [5.74, 6) is -0.697. The number of hydrogen-bond donors (Lipinski definition) is 1. The highest BCUT2D eigenvalue weighted by atomic mass is 16.5. The molecule has 0 aliphatic rings. The number of carbonyl (C=O) groups is 2. The number of hydrogen-bond acceptors (Lipinski definition) is 3. The molecule has 0 aromatic rings. The van der Waals surface area contributed by atoms with Crippen LogP contribution in [0.5, 0.6) is 0 Å². The van der Waals surface area contributed by atoms with Gasteiger partial charge in [0.1, 0.15) is 6.10 Å². The molecule has 1 unspecified atom stereocenters. The van der Waals surface area contributed by atoms with E-state index in [9.17, 15) is 9.59 Å². The molecule has 1 N–H and O–H groups in total. The predicted molar refractivity (Wildman–Crippen MR) is 195 cm³/mol. The summed E-state index contributed by atoms with van der Waals surface area (Å²) in [6.45, 7) is 4.54. The Morgan fingerprint density at radius 2 is 0.800 bits per heavy atom. The van der Waals surface area contributed by atoms with Crippen LogP contribution in [0.4, 0.5) is 0 Å². The first kappa shape index (κ1) is 43.7. The van der Waals surface area contributed by atoms with E-state index in [0.29, 0.717) is 6.42 Å². The standard InChI is InChI=1S/C41H78O4/c1-3-5-7-9-11-13-14-15-16-17-18-19-20-21-22-23-25-30-34-38-41(44)45-39(35-31-27-24-12-10-8-6-4-2)36-32-28-26-29-33-37-40(42)43/h15-16,39H,3-14,17-38H2,1-2H3,(H,42,43)/b16-15-. The predicted octanol–water partition coefficient (Wildman–Crippen LogP) is 13.8. The van der Waals surface area contributed by atoms with Gasteiger partial charge in [0.2, 0.25) is 0 Å². The van der Waals surface area contributed by atoms with E-state index in [2.05, 4.69) is 26.0 Å². The zero-order chi connectivity index (χ0) is 32.9. The van der Waals surface area contributed by atoms with Gasteiger partial charge in [-0.2, -0.15) is 0 Å². The molecule has 4 heteroatoms. The Bertz CT molecular complexity index is 643. The fraction of sp³-hybridized carbons (Fsp3) is 0.902. The molecule has 0 saturated carbocycles. The van der Waals surface area contributed by atoms with Crippen molar-refractivity contribution in [3.8, 4) is 0 Å². The molecule has 0 amide bonds. The Morgan fingerprint density at radius 3 is 1.20 bits per heavy atom. The van der Waals surface area contributed by atoms with Crippen LogP contribution in [0.1, 0.15) is 232 Å². The van der Waals surface area contributed by atoms with Crippen LogP contribution in [0.2, 0.25) is 0 Å². The quantitative estimate of drug-likeness (QED) is 0.0419. The van der Waals surface area contributed by atoms with Crippen molar-refractivity contribution in [1.29, 1.82) is 0 Å². The summed E-state index contributed by atoms with van der Waals surface area (Å²) in [5.41, 5.74) is 0. The number of carbonyl (C=O) groups excluding carboxylic acids is 1. The van der Waals surface area contributed by atoms with Crippen molar-refractivity contribution in [2.24, 2.45) is 0 Å². The summed E-state index contributed by atoms with van der Waals surface area (Å²) in [6, 6.07) is 0. The number of ether oxygens (including phenoxy) is 1. The molecule has 0 spiro atoms. The van der Waals surface area contributed by atoms with Crippen LogP contribution in [-0.4, -0.2) is 23.1 Å². The van der Waals surface area contributed by atoms with Gasteiger partial charge in [-0.3, -0.25) is 9.59 Å². The Morgan fingerprint density at radius 1 is 0.467 bits per heavy atom. The van der Waals surface area contributed by atoms with Crippen LogP contribution in [0.15, 0.2) is 12.2 Å². The average Bonchev–Trinajstić information content (AvgIpc) is 3.02. The number of rotatable bonds is 37. The molecule has 0 radical (unpaired) electrons. The first-order valence-electron chi connectivity index (χ1n) is 20.2. The normalized spacial score (nSPS) is 12.2. The molecule has 266 valence electrons. The van der Waals surface area contributed by atoms with Crippen LogP contribution < -0.4 is 0 Å². The number of allylic oxidation sites excluding steroid dienone is 2. The minimum atomic E-state index is -0.699. The molecule has 0 rings (SSSR count). The smallest absolute Gasteiger partial charge is 0.306 e. The van der Waals surface area contributed by atoms with Gasteiger partial charge in [-0.25, -0.2) is 0 Å². The van der Waals surface area contributed by atoms with Crippen molar-refractivity contribution in [3.05, 3.63) is 12.2 Å². The summed E-state index contributed by atoms with van der Waals surface area (Å²) in [4.78, 5) is 23.3. The second-order valence-electron chi connectivity index (χ2n) is 13.8. The maximum absolute atomic E-state index is 12.6. The second-order valence-corrected chi connectivity index (χ2v) is 13.8. The molecular weight excluding hydrogens is 556 g/mol. The van der Waals surface area contributed by atoms with Crippen molar-refractivity contribution in [3.63, 3.8) is 0 Å². The Kier molecular flexibility index (Phi) is 36.1. The zero-order valence-electron chi connectivity index (χ0n) is 30.4. The molecular formula is C41H78O4. The Hall–Kier alpha value is -1.32. The van der Waals surface area contributed by atoms with Crippen LogP contribution in [0.25, 0.3) is 0 Å². The minimum absolute atomic E-state index is 0.00190. The van der Waals surface area contributed by atoms with E-state index >= 15 is 0 Å². The fourth-order valence-corrected chi connectivity index (χ4v) is 6.24. The van der Waals surface area contributed by atoms with E-state index in [0.717, 1.165) is 64.2 Å². The average molecular weight is 635 g/mol. The Balaban J connectivity index is 3.86. The third-order valence-electron chi connectivity index (χ3n) is 9.24. The highest BCUT2D eigenvalue weighted by Gasteiger charge is 2.14. The van der Waals surface area contributed by atoms with Crippen LogP contribution in [-0.2, 0) is 14.3 Å². The maximum atomic E-state index is 12.6. The molecule has 45 heavy (non-hydrogen) atoms. The molecule has 0 aromatic heterocycles. The summed E-state index contributed by atoms with van der Waals surface area (Å²) in [5, 5.41) is 8.80.